The van der Waals surface area contributed by atoms with Crippen LogP contribution in [0.3, 0.4) is 0 Å². The van der Waals surface area contributed by atoms with Gasteiger partial charge in [-0.05, 0) is 36.4 Å². The van der Waals surface area contributed by atoms with Crippen molar-refractivity contribution >= 4 is 29.0 Å². The fraction of sp³-hybridized carbons (Fsp3) is 0.188. The van der Waals surface area contributed by atoms with Crippen LogP contribution < -0.4 is 4.74 Å². The van der Waals surface area contributed by atoms with Gasteiger partial charge in [-0.3, -0.25) is 4.79 Å². The number of halogens is 2. The third kappa shape index (κ3) is 3.53. The van der Waals surface area contributed by atoms with Crippen LogP contribution in [-0.2, 0) is 6.61 Å². The molecule has 2 aromatic rings. The lowest BCUT2D eigenvalue weighted by Gasteiger charge is -2.09. The van der Waals surface area contributed by atoms with Crippen molar-refractivity contribution in [2.75, 3.05) is 0 Å². The first-order chi connectivity index (χ1) is 9.61. The Balaban J connectivity index is 2.06. The normalized spacial score (nSPS) is 10.3. The highest BCUT2D eigenvalue weighted by Crippen LogP contribution is 2.26. The van der Waals surface area contributed by atoms with Crippen LogP contribution in [0.4, 0.5) is 0 Å². The number of carbonyl (C=O) groups is 1. The summed E-state index contributed by atoms with van der Waals surface area (Å²) >= 11 is 12.1. The second-order valence-electron chi connectivity index (χ2n) is 4.29. The van der Waals surface area contributed by atoms with E-state index in [1.807, 2.05) is 6.92 Å². The number of Topliss-reactive ketones (excluding diaryl/α,β-unsaturated/α-hetero) is 1. The van der Waals surface area contributed by atoms with Gasteiger partial charge in [-0.15, -0.1) is 0 Å². The molecule has 2 nitrogen and oxygen atoms in total. The molecule has 4 heteroatoms. The predicted molar refractivity (Wildman–Crippen MR) is 81.9 cm³/mol. The molecule has 0 aromatic heterocycles. The molecular formula is C16H14Cl2O2. The van der Waals surface area contributed by atoms with Gasteiger partial charge < -0.3 is 4.74 Å². The number of carbonyl (C=O) groups excluding carboxylic acids is 1. The van der Waals surface area contributed by atoms with E-state index in [0.29, 0.717) is 34.4 Å². The van der Waals surface area contributed by atoms with Crippen LogP contribution in [0.5, 0.6) is 5.75 Å². The van der Waals surface area contributed by atoms with Crippen LogP contribution in [0.2, 0.25) is 10.0 Å². The summed E-state index contributed by atoms with van der Waals surface area (Å²) < 4.78 is 5.64. The highest BCUT2D eigenvalue weighted by Gasteiger charge is 2.07. The van der Waals surface area contributed by atoms with Crippen LogP contribution >= 0.6 is 23.2 Å². The zero-order chi connectivity index (χ0) is 14.5. The average Bonchev–Trinajstić information content (AvgIpc) is 2.46. The topological polar surface area (TPSA) is 26.3 Å². The van der Waals surface area contributed by atoms with Crippen LogP contribution in [0.1, 0.15) is 29.3 Å². The molecule has 0 radical (unpaired) electrons. The van der Waals surface area contributed by atoms with Gasteiger partial charge in [0.25, 0.3) is 0 Å². The first-order valence-electron chi connectivity index (χ1n) is 6.30. The quantitative estimate of drug-likeness (QED) is 0.713. The zero-order valence-electron chi connectivity index (χ0n) is 11.0. The van der Waals surface area contributed by atoms with Gasteiger partial charge in [0.1, 0.15) is 12.4 Å². The molecule has 0 spiro atoms. The number of benzene rings is 2. The Labute approximate surface area is 128 Å². The molecule has 0 heterocycles. The number of rotatable bonds is 5. The van der Waals surface area contributed by atoms with Crippen LogP contribution in [0, 0.1) is 0 Å². The summed E-state index contributed by atoms with van der Waals surface area (Å²) in [6, 6.07) is 12.4. The fourth-order valence-electron chi connectivity index (χ4n) is 1.77. The molecule has 0 atom stereocenters. The third-order valence-electron chi connectivity index (χ3n) is 2.94. The van der Waals surface area contributed by atoms with E-state index in [1.165, 1.54) is 0 Å². The molecule has 0 amide bonds. The lowest BCUT2D eigenvalue weighted by atomic mass is 10.1. The molecule has 0 aliphatic heterocycles. The lowest BCUT2D eigenvalue weighted by Crippen LogP contribution is -1.99. The molecule has 0 N–H and O–H groups in total. The Kier molecular flexibility index (Phi) is 5.05. The standard InChI is InChI=1S/C16H14Cl2O2/c1-2-16(19)11-6-8-12(9-7-11)20-10-13-14(17)4-3-5-15(13)18/h3-9H,2,10H2,1H3. The Morgan fingerprint density at radius 2 is 1.65 bits per heavy atom. The zero-order valence-corrected chi connectivity index (χ0v) is 12.5. The minimum atomic E-state index is 0.116. The van der Waals surface area contributed by atoms with Gasteiger partial charge in [-0.2, -0.15) is 0 Å². The summed E-state index contributed by atoms with van der Waals surface area (Å²) in [5.74, 6) is 0.791. The van der Waals surface area contributed by atoms with Gasteiger partial charge in [-0.1, -0.05) is 36.2 Å². The van der Waals surface area contributed by atoms with E-state index in [-0.39, 0.29) is 5.78 Å². The summed E-state index contributed by atoms with van der Waals surface area (Å²) in [7, 11) is 0. The molecule has 2 rings (SSSR count). The van der Waals surface area contributed by atoms with Crippen molar-refractivity contribution in [3.63, 3.8) is 0 Å². The molecule has 0 saturated heterocycles. The van der Waals surface area contributed by atoms with Gasteiger partial charge in [0.15, 0.2) is 5.78 Å². The Bertz CT molecular complexity index is 586. The van der Waals surface area contributed by atoms with Crippen molar-refractivity contribution in [3.8, 4) is 5.75 Å². The molecular weight excluding hydrogens is 295 g/mol. The summed E-state index contributed by atoms with van der Waals surface area (Å²) in [6.07, 6.45) is 0.495. The number of hydrogen-bond acceptors (Lipinski definition) is 2. The molecule has 104 valence electrons. The van der Waals surface area contributed by atoms with Crippen molar-refractivity contribution in [2.24, 2.45) is 0 Å². The van der Waals surface area contributed by atoms with Crippen molar-refractivity contribution in [1.82, 2.24) is 0 Å². The largest absolute Gasteiger partial charge is 0.489 e. The summed E-state index contributed by atoms with van der Waals surface area (Å²) in [5.41, 5.74) is 1.44. The van der Waals surface area contributed by atoms with Crippen molar-refractivity contribution in [3.05, 3.63) is 63.6 Å². The van der Waals surface area contributed by atoms with Crippen molar-refractivity contribution in [2.45, 2.75) is 20.0 Å². The molecule has 0 aliphatic rings. The van der Waals surface area contributed by atoms with Gasteiger partial charge in [0, 0.05) is 27.6 Å². The van der Waals surface area contributed by atoms with Crippen LogP contribution in [-0.4, -0.2) is 5.78 Å². The lowest BCUT2D eigenvalue weighted by molar-refractivity contribution is 0.0988. The monoisotopic (exact) mass is 308 g/mol. The summed E-state index contributed by atoms with van der Waals surface area (Å²) in [5, 5.41) is 1.16. The second kappa shape index (κ2) is 6.78. The minimum Gasteiger partial charge on any atom is -0.489 e. The summed E-state index contributed by atoms with van der Waals surface area (Å²) in [4.78, 5) is 11.5. The molecule has 0 saturated carbocycles. The Hall–Kier alpha value is -1.51. The van der Waals surface area contributed by atoms with Gasteiger partial charge >= 0.3 is 0 Å². The SMILES string of the molecule is CCC(=O)c1ccc(OCc2c(Cl)cccc2Cl)cc1. The van der Waals surface area contributed by atoms with E-state index in [1.54, 1.807) is 42.5 Å². The Morgan fingerprint density at radius 3 is 2.20 bits per heavy atom. The first-order valence-corrected chi connectivity index (χ1v) is 7.06. The molecule has 2 aromatic carbocycles. The number of hydrogen-bond donors (Lipinski definition) is 0. The number of ketones is 1. The maximum Gasteiger partial charge on any atom is 0.162 e. The van der Waals surface area contributed by atoms with Gasteiger partial charge in [0.05, 0.1) is 0 Å². The highest BCUT2D eigenvalue weighted by atomic mass is 35.5. The molecule has 0 fully saturated rings. The molecule has 0 aliphatic carbocycles. The molecule has 0 unspecified atom stereocenters. The second-order valence-corrected chi connectivity index (χ2v) is 5.10. The number of ether oxygens (including phenoxy) is 1. The fourth-order valence-corrected chi connectivity index (χ4v) is 2.27. The van der Waals surface area contributed by atoms with Crippen LogP contribution in [0.15, 0.2) is 42.5 Å². The van der Waals surface area contributed by atoms with Crippen molar-refractivity contribution < 1.29 is 9.53 Å². The maximum absolute atomic E-state index is 11.5. The first kappa shape index (κ1) is 14.9. The van der Waals surface area contributed by atoms with Crippen LogP contribution in [0.25, 0.3) is 0 Å². The molecule has 20 heavy (non-hydrogen) atoms. The van der Waals surface area contributed by atoms with E-state index in [2.05, 4.69) is 0 Å². The summed E-state index contributed by atoms with van der Waals surface area (Å²) in [6.45, 7) is 2.13. The van der Waals surface area contributed by atoms with E-state index >= 15 is 0 Å². The van der Waals surface area contributed by atoms with E-state index in [9.17, 15) is 4.79 Å². The Morgan fingerprint density at radius 1 is 1.05 bits per heavy atom. The molecule has 0 bridgehead atoms. The highest BCUT2D eigenvalue weighted by molar-refractivity contribution is 6.35. The average molecular weight is 309 g/mol. The third-order valence-corrected chi connectivity index (χ3v) is 3.65. The van der Waals surface area contributed by atoms with E-state index in [4.69, 9.17) is 27.9 Å². The minimum absolute atomic E-state index is 0.116. The van der Waals surface area contributed by atoms with E-state index < -0.39 is 0 Å². The smallest absolute Gasteiger partial charge is 0.162 e. The van der Waals surface area contributed by atoms with Gasteiger partial charge in [-0.25, -0.2) is 0 Å². The maximum atomic E-state index is 11.5. The predicted octanol–water partition coefficient (Wildman–Crippen LogP) is 5.17. The van der Waals surface area contributed by atoms with Gasteiger partial charge in [0.2, 0.25) is 0 Å². The van der Waals surface area contributed by atoms with Crippen molar-refractivity contribution in [1.29, 1.82) is 0 Å². The van der Waals surface area contributed by atoms with E-state index in [0.717, 1.165) is 5.56 Å².